The van der Waals surface area contributed by atoms with Crippen molar-refractivity contribution in [3.05, 3.63) is 0 Å². The van der Waals surface area contributed by atoms with Gasteiger partial charge < -0.3 is 20.4 Å². The predicted octanol–water partition coefficient (Wildman–Crippen LogP) is 3.15. The van der Waals surface area contributed by atoms with Crippen LogP contribution in [0.25, 0.3) is 0 Å². The normalized spacial score (nSPS) is 21.7. The smallest absolute Gasteiger partial charge is 0.191 e. The van der Waals surface area contributed by atoms with Gasteiger partial charge in [-0.1, -0.05) is 6.92 Å². The van der Waals surface area contributed by atoms with Crippen LogP contribution in [0.3, 0.4) is 0 Å². The summed E-state index contributed by atoms with van der Waals surface area (Å²) in [7, 11) is 1.88. The van der Waals surface area contributed by atoms with Crippen LogP contribution in [0.15, 0.2) is 4.99 Å². The SMILES string of the molecule is CN=C(NCCCCN1CCC(C)CC1)NC1CCN(C(C)C)CC1.I. The maximum absolute atomic E-state index is 4.40. The second kappa shape index (κ2) is 13.2. The Morgan fingerprint density at radius 3 is 2.27 bits per heavy atom. The van der Waals surface area contributed by atoms with Gasteiger partial charge in [0.2, 0.25) is 0 Å². The van der Waals surface area contributed by atoms with Gasteiger partial charge in [0.05, 0.1) is 0 Å². The highest BCUT2D eigenvalue weighted by Gasteiger charge is 2.21. The summed E-state index contributed by atoms with van der Waals surface area (Å²) in [6, 6.07) is 1.23. The van der Waals surface area contributed by atoms with Crippen LogP contribution in [0.5, 0.6) is 0 Å². The van der Waals surface area contributed by atoms with Crippen molar-refractivity contribution >= 4 is 29.9 Å². The molecule has 2 rings (SSSR count). The molecule has 0 aromatic heterocycles. The van der Waals surface area contributed by atoms with E-state index in [0.29, 0.717) is 12.1 Å². The van der Waals surface area contributed by atoms with Gasteiger partial charge >= 0.3 is 0 Å². The monoisotopic (exact) mass is 479 g/mol. The molecular weight excluding hydrogens is 437 g/mol. The Balaban J connectivity index is 0.00000338. The lowest BCUT2D eigenvalue weighted by molar-refractivity contribution is 0.167. The van der Waals surface area contributed by atoms with Crippen LogP contribution in [0.1, 0.15) is 59.3 Å². The van der Waals surface area contributed by atoms with Gasteiger partial charge in [-0.25, -0.2) is 0 Å². The fraction of sp³-hybridized carbons (Fsp3) is 0.950. The largest absolute Gasteiger partial charge is 0.356 e. The first kappa shape index (κ1) is 24.0. The van der Waals surface area contributed by atoms with Crippen molar-refractivity contribution in [3.63, 3.8) is 0 Å². The van der Waals surface area contributed by atoms with Crippen LogP contribution >= 0.6 is 24.0 Å². The fourth-order valence-corrected chi connectivity index (χ4v) is 3.90. The van der Waals surface area contributed by atoms with Gasteiger partial charge in [-0.05, 0) is 77.9 Å². The van der Waals surface area contributed by atoms with Crippen LogP contribution in [-0.4, -0.2) is 74.2 Å². The van der Waals surface area contributed by atoms with Crippen LogP contribution in [0, 0.1) is 5.92 Å². The zero-order valence-corrected chi connectivity index (χ0v) is 19.8. The number of aliphatic imine (C=N–C) groups is 1. The van der Waals surface area contributed by atoms with Gasteiger partial charge in [0.1, 0.15) is 0 Å². The highest BCUT2D eigenvalue weighted by Crippen LogP contribution is 2.16. The van der Waals surface area contributed by atoms with E-state index in [0.717, 1.165) is 18.4 Å². The van der Waals surface area contributed by atoms with Crippen LogP contribution in [0.4, 0.5) is 0 Å². The Hall–Kier alpha value is -0.0800. The number of hydrogen-bond acceptors (Lipinski definition) is 3. The quantitative estimate of drug-likeness (QED) is 0.255. The molecule has 0 bridgehead atoms. The van der Waals surface area contributed by atoms with E-state index in [4.69, 9.17) is 0 Å². The molecule has 0 spiro atoms. The number of hydrogen-bond donors (Lipinski definition) is 2. The van der Waals surface area contributed by atoms with Crippen LogP contribution in [-0.2, 0) is 0 Å². The van der Waals surface area contributed by atoms with Gasteiger partial charge in [-0.15, -0.1) is 24.0 Å². The molecule has 2 heterocycles. The van der Waals surface area contributed by atoms with Crippen LogP contribution < -0.4 is 10.6 Å². The second-order valence-electron chi connectivity index (χ2n) is 8.28. The third kappa shape index (κ3) is 8.74. The Morgan fingerprint density at radius 2 is 1.69 bits per heavy atom. The average molecular weight is 479 g/mol. The molecule has 0 aliphatic carbocycles. The van der Waals surface area contributed by atoms with E-state index < -0.39 is 0 Å². The second-order valence-corrected chi connectivity index (χ2v) is 8.28. The molecule has 2 saturated heterocycles. The number of unbranched alkanes of at least 4 members (excludes halogenated alkanes) is 1. The Morgan fingerprint density at radius 1 is 1.04 bits per heavy atom. The van der Waals surface area contributed by atoms with Gasteiger partial charge in [-0.2, -0.15) is 0 Å². The molecule has 0 saturated carbocycles. The van der Waals surface area contributed by atoms with E-state index in [1.165, 1.54) is 71.2 Å². The van der Waals surface area contributed by atoms with Crippen molar-refractivity contribution in [2.45, 2.75) is 71.4 Å². The molecule has 2 aliphatic rings. The lowest BCUT2D eigenvalue weighted by atomic mass is 9.99. The third-order valence-electron chi connectivity index (χ3n) is 5.89. The van der Waals surface area contributed by atoms with Crippen molar-refractivity contribution < 1.29 is 0 Å². The van der Waals surface area contributed by atoms with E-state index >= 15 is 0 Å². The summed E-state index contributed by atoms with van der Waals surface area (Å²) >= 11 is 0. The van der Waals surface area contributed by atoms with Crippen molar-refractivity contribution in [2.75, 3.05) is 46.3 Å². The van der Waals surface area contributed by atoms with Crippen LogP contribution in [0.2, 0.25) is 0 Å². The summed E-state index contributed by atoms with van der Waals surface area (Å²) in [5, 5.41) is 7.11. The summed E-state index contributed by atoms with van der Waals surface area (Å²) in [6.45, 7) is 14.2. The molecule has 0 radical (unpaired) electrons. The molecule has 6 heteroatoms. The molecule has 0 aromatic carbocycles. The van der Waals surface area contributed by atoms with Crippen molar-refractivity contribution in [2.24, 2.45) is 10.9 Å². The summed E-state index contributed by atoms with van der Waals surface area (Å²) in [6.07, 6.45) is 7.69. The molecule has 2 fully saturated rings. The number of piperidine rings is 2. The molecule has 0 atom stereocenters. The Kier molecular flexibility index (Phi) is 12.1. The average Bonchev–Trinajstić information content (AvgIpc) is 2.62. The Labute approximate surface area is 178 Å². The first-order chi connectivity index (χ1) is 12.1. The lowest BCUT2D eigenvalue weighted by Gasteiger charge is -2.35. The number of rotatable bonds is 7. The first-order valence-electron chi connectivity index (χ1n) is 10.5. The number of nitrogens with zero attached hydrogens (tertiary/aromatic N) is 3. The topological polar surface area (TPSA) is 42.9 Å². The summed E-state index contributed by atoms with van der Waals surface area (Å²) < 4.78 is 0. The molecule has 0 unspecified atom stereocenters. The van der Waals surface area contributed by atoms with Gasteiger partial charge in [0.15, 0.2) is 5.96 Å². The van der Waals surface area contributed by atoms with Crippen molar-refractivity contribution in [1.29, 1.82) is 0 Å². The minimum atomic E-state index is 0. The van der Waals surface area contributed by atoms with Gasteiger partial charge in [-0.3, -0.25) is 4.99 Å². The maximum Gasteiger partial charge on any atom is 0.191 e. The van der Waals surface area contributed by atoms with Gasteiger partial charge in [0.25, 0.3) is 0 Å². The highest BCUT2D eigenvalue weighted by atomic mass is 127. The van der Waals surface area contributed by atoms with E-state index in [-0.39, 0.29) is 24.0 Å². The highest BCUT2D eigenvalue weighted by molar-refractivity contribution is 14.0. The Bertz CT molecular complexity index is 386. The number of nitrogens with one attached hydrogen (secondary N) is 2. The van der Waals surface area contributed by atoms with E-state index in [1.54, 1.807) is 0 Å². The van der Waals surface area contributed by atoms with Gasteiger partial charge in [0, 0.05) is 38.8 Å². The summed E-state index contributed by atoms with van der Waals surface area (Å²) in [5.41, 5.74) is 0. The standard InChI is InChI=1S/C20H41N5.HI/c1-17(2)25-15-9-19(10-16-25)23-20(21-4)22-11-5-6-12-24-13-7-18(3)8-14-24;/h17-19H,5-16H2,1-4H3,(H2,21,22,23);1H. The zero-order chi connectivity index (χ0) is 18.1. The minimum absolute atomic E-state index is 0. The van der Waals surface area contributed by atoms with E-state index in [9.17, 15) is 0 Å². The third-order valence-corrected chi connectivity index (χ3v) is 5.89. The van der Waals surface area contributed by atoms with Crippen molar-refractivity contribution in [3.8, 4) is 0 Å². The number of halogens is 1. The molecule has 0 aromatic rings. The molecular formula is C20H42IN5. The predicted molar refractivity (Wildman–Crippen MR) is 124 cm³/mol. The number of guanidine groups is 1. The molecule has 5 nitrogen and oxygen atoms in total. The number of likely N-dealkylation sites (tertiary alicyclic amines) is 2. The fourth-order valence-electron chi connectivity index (χ4n) is 3.90. The molecule has 2 aliphatic heterocycles. The lowest BCUT2D eigenvalue weighted by Crippen LogP contribution is -2.50. The molecule has 2 N–H and O–H groups in total. The first-order valence-corrected chi connectivity index (χ1v) is 10.5. The van der Waals surface area contributed by atoms with E-state index in [2.05, 4.69) is 46.2 Å². The molecule has 0 amide bonds. The molecule has 154 valence electrons. The molecule has 26 heavy (non-hydrogen) atoms. The maximum atomic E-state index is 4.40. The van der Waals surface area contributed by atoms with E-state index in [1.807, 2.05) is 7.05 Å². The van der Waals surface area contributed by atoms with Crippen molar-refractivity contribution in [1.82, 2.24) is 20.4 Å². The minimum Gasteiger partial charge on any atom is -0.356 e. The summed E-state index contributed by atoms with van der Waals surface area (Å²) in [5.74, 6) is 1.91. The zero-order valence-electron chi connectivity index (χ0n) is 17.5. The summed E-state index contributed by atoms with van der Waals surface area (Å²) in [4.78, 5) is 9.60.